The van der Waals surface area contributed by atoms with Crippen molar-refractivity contribution < 1.29 is 4.79 Å². The Morgan fingerprint density at radius 1 is 1.24 bits per heavy atom. The molecule has 2 saturated carbocycles. The van der Waals surface area contributed by atoms with Crippen LogP contribution in [0.4, 0.5) is 0 Å². The molecule has 0 saturated heterocycles. The average Bonchev–Trinajstić information content (AvgIpc) is 2.87. The van der Waals surface area contributed by atoms with Crippen molar-refractivity contribution in [2.75, 3.05) is 0 Å². The summed E-state index contributed by atoms with van der Waals surface area (Å²) in [6, 6.07) is 2.52. The topological polar surface area (TPSA) is 52.9 Å². The van der Waals surface area contributed by atoms with Gasteiger partial charge in [0, 0.05) is 6.04 Å². The summed E-state index contributed by atoms with van der Waals surface area (Å²) in [6.45, 7) is 4.41. The molecule has 0 aromatic rings. The number of nitriles is 1. The smallest absolute Gasteiger partial charge is 0.240 e. The monoisotopic (exact) mass is 234 g/mol. The minimum Gasteiger partial charge on any atom is -0.351 e. The van der Waals surface area contributed by atoms with Crippen LogP contribution in [-0.4, -0.2) is 11.9 Å². The molecule has 2 rings (SSSR count). The van der Waals surface area contributed by atoms with Gasteiger partial charge in [0.2, 0.25) is 5.91 Å². The minimum absolute atomic E-state index is 0.0162. The molecule has 3 heteroatoms. The normalized spacial score (nSPS) is 29.8. The molecule has 1 unspecified atom stereocenters. The molecule has 1 amide bonds. The molecule has 1 atom stereocenters. The molecule has 2 aliphatic carbocycles. The first-order valence-corrected chi connectivity index (χ1v) is 6.72. The molecular formula is C14H22N2O. The molecule has 0 heterocycles. The van der Waals surface area contributed by atoms with Gasteiger partial charge in [0.25, 0.3) is 0 Å². The van der Waals surface area contributed by atoms with Crippen LogP contribution in [0.3, 0.4) is 0 Å². The maximum Gasteiger partial charge on any atom is 0.240 e. The van der Waals surface area contributed by atoms with E-state index in [1.165, 1.54) is 6.42 Å². The van der Waals surface area contributed by atoms with E-state index in [0.29, 0.717) is 0 Å². The summed E-state index contributed by atoms with van der Waals surface area (Å²) in [7, 11) is 0. The molecule has 17 heavy (non-hydrogen) atoms. The molecule has 0 spiro atoms. The maximum absolute atomic E-state index is 12.3. The van der Waals surface area contributed by atoms with E-state index in [2.05, 4.69) is 25.2 Å². The van der Waals surface area contributed by atoms with Crippen molar-refractivity contribution in [1.29, 1.82) is 5.26 Å². The second kappa shape index (κ2) is 4.33. The third-order valence-corrected chi connectivity index (χ3v) is 4.67. The minimum atomic E-state index is -0.724. The van der Waals surface area contributed by atoms with Crippen LogP contribution in [0.2, 0.25) is 0 Å². The van der Waals surface area contributed by atoms with Crippen LogP contribution in [-0.2, 0) is 4.79 Å². The van der Waals surface area contributed by atoms with E-state index in [4.69, 9.17) is 0 Å². The predicted octanol–water partition coefficient (Wildman–Crippen LogP) is 2.77. The van der Waals surface area contributed by atoms with Gasteiger partial charge >= 0.3 is 0 Å². The van der Waals surface area contributed by atoms with E-state index >= 15 is 0 Å². The molecule has 0 aromatic heterocycles. The Bertz CT molecular complexity index is 348. The van der Waals surface area contributed by atoms with Crippen LogP contribution < -0.4 is 5.32 Å². The summed E-state index contributed by atoms with van der Waals surface area (Å²) in [5.74, 6) is -0.0162. The Morgan fingerprint density at radius 3 is 2.35 bits per heavy atom. The molecule has 0 aliphatic heterocycles. The van der Waals surface area contributed by atoms with Gasteiger partial charge in [-0.2, -0.15) is 5.26 Å². The van der Waals surface area contributed by atoms with E-state index in [1.54, 1.807) is 0 Å². The fourth-order valence-electron chi connectivity index (χ4n) is 3.26. The summed E-state index contributed by atoms with van der Waals surface area (Å²) >= 11 is 0. The number of nitrogens with zero attached hydrogens (tertiary/aromatic N) is 1. The first-order valence-electron chi connectivity index (χ1n) is 6.72. The van der Waals surface area contributed by atoms with Gasteiger partial charge in [-0.3, -0.25) is 4.79 Å². The molecule has 1 N–H and O–H groups in total. The Balaban J connectivity index is 2.04. The van der Waals surface area contributed by atoms with Crippen molar-refractivity contribution in [2.24, 2.45) is 10.8 Å². The molecule has 3 nitrogen and oxygen atoms in total. The van der Waals surface area contributed by atoms with E-state index in [9.17, 15) is 10.1 Å². The Morgan fingerprint density at radius 2 is 1.88 bits per heavy atom. The Hall–Kier alpha value is -1.04. The second-order valence-electron chi connectivity index (χ2n) is 6.31. The van der Waals surface area contributed by atoms with Crippen molar-refractivity contribution in [3.05, 3.63) is 0 Å². The SMILES string of the molecule is CC1(C)CCCC1NC(=O)C1(C#N)CCCC1. The van der Waals surface area contributed by atoms with E-state index < -0.39 is 5.41 Å². The Labute approximate surface area is 104 Å². The number of rotatable bonds is 2. The number of amides is 1. The van der Waals surface area contributed by atoms with Crippen molar-refractivity contribution >= 4 is 5.91 Å². The Kier molecular flexibility index (Phi) is 3.16. The van der Waals surface area contributed by atoms with E-state index in [-0.39, 0.29) is 17.4 Å². The van der Waals surface area contributed by atoms with Gasteiger partial charge in [-0.25, -0.2) is 0 Å². The number of hydrogen-bond donors (Lipinski definition) is 1. The van der Waals surface area contributed by atoms with E-state index in [1.807, 2.05) is 0 Å². The molecule has 2 fully saturated rings. The van der Waals surface area contributed by atoms with Crippen molar-refractivity contribution in [3.8, 4) is 6.07 Å². The van der Waals surface area contributed by atoms with Crippen molar-refractivity contribution in [2.45, 2.75) is 64.8 Å². The fraction of sp³-hybridized carbons (Fsp3) is 0.857. The molecular weight excluding hydrogens is 212 g/mol. The number of carbonyl (C=O) groups excluding carboxylic acids is 1. The largest absolute Gasteiger partial charge is 0.351 e. The van der Waals surface area contributed by atoms with Gasteiger partial charge in [-0.05, 0) is 31.1 Å². The lowest BCUT2D eigenvalue weighted by atomic mass is 9.83. The molecule has 0 aromatic carbocycles. The summed E-state index contributed by atoms with van der Waals surface area (Å²) in [5.41, 5.74) is -0.538. The lowest BCUT2D eigenvalue weighted by molar-refractivity contribution is -0.129. The predicted molar refractivity (Wildman–Crippen MR) is 66.1 cm³/mol. The highest BCUT2D eigenvalue weighted by Crippen LogP contribution is 2.41. The van der Waals surface area contributed by atoms with Crippen LogP contribution >= 0.6 is 0 Å². The van der Waals surface area contributed by atoms with Crippen LogP contribution in [0.15, 0.2) is 0 Å². The first-order chi connectivity index (χ1) is 8.00. The third kappa shape index (κ3) is 2.18. The summed E-state index contributed by atoms with van der Waals surface area (Å²) in [6.07, 6.45) is 6.89. The lowest BCUT2D eigenvalue weighted by Gasteiger charge is -2.30. The van der Waals surface area contributed by atoms with Crippen LogP contribution in [0.1, 0.15) is 58.8 Å². The van der Waals surface area contributed by atoms with Crippen LogP contribution in [0.25, 0.3) is 0 Å². The van der Waals surface area contributed by atoms with Gasteiger partial charge in [0.05, 0.1) is 6.07 Å². The zero-order valence-electron chi connectivity index (χ0n) is 10.9. The van der Waals surface area contributed by atoms with Crippen molar-refractivity contribution in [3.63, 3.8) is 0 Å². The van der Waals surface area contributed by atoms with Gasteiger partial charge < -0.3 is 5.32 Å². The van der Waals surface area contributed by atoms with Gasteiger partial charge in [0.1, 0.15) is 5.41 Å². The summed E-state index contributed by atoms with van der Waals surface area (Å²) in [5, 5.41) is 12.4. The maximum atomic E-state index is 12.3. The third-order valence-electron chi connectivity index (χ3n) is 4.67. The highest BCUT2D eigenvalue weighted by molar-refractivity contribution is 5.86. The first kappa shape index (κ1) is 12.4. The van der Waals surface area contributed by atoms with Crippen LogP contribution in [0.5, 0.6) is 0 Å². The van der Waals surface area contributed by atoms with Crippen molar-refractivity contribution in [1.82, 2.24) is 5.32 Å². The van der Waals surface area contributed by atoms with Crippen LogP contribution in [0, 0.1) is 22.2 Å². The fourth-order valence-corrected chi connectivity index (χ4v) is 3.26. The zero-order chi connectivity index (χ0) is 12.5. The summed E-state index contributed by atoms with van der Waals surface area (Å²) in [4.78, 5) is 12.3. The average molecular weight is 234 g/mol. The zero-order valence-corrected chi connectivity index (χ0v) is 10.9. The standard InChI is InChI=1S/C14H22N2O/c1-13(2)7-5-6-11(13)16-12(17)14(10-15)8-3-4-9-14/h11H,3-9H2,1-2H3,(H,16,17). The van der Waals surface area contributed by atoms with Gasteiger partial charge in [0.15, 0.2) is 0 Å². The molecule has 2 aliphatic rings. The van der Waals surface area contributed by atoms with Gasteiger partial charge in [-0.15, -0.1) is 0 Å². The summed E-state index contributed by atoms with van der Waals surface area (Å²) < 4.78 is 0. The number of nitrogens with one attached hydrogen (secondary N) is 1. The van der Waals surface area contributed by atoms with Gasteiger partial charge in [-0.1, -0.05) is 33.1 Å². The quantitative estimate of drug-likeness (QED) is 0.798. The second-order valence-corrected chi connectivity index (χ2v) is 6.31. The number of hydrogen-bond acceptors (Lipinski definition) is 2. The van der Waals surface area contributed by atoms with E-state index in [0.717, 1.165) is 38.5 Å². The molecule has 0 radical (unpaired) electrons. The molecule has 94 valence electrons. The highest BCUT2D eigenvalue weighted by Gasteiger charge is 2.44. The number of carbonyl (C=O) groups is 1. The molecule has 0 bridgehead atoms. The lowest BCUT2D eigenvalue weighted by Crippen LogP contribution is -2.47. The highest BCUT2D eigenvalue weighted by atomic mass is 16.2.